The highest BCUT2D eigenvalue weighted by molar-refractivity contribution is 7.16. The first-order chi connectivity index (χ1) is 15.1. The number of nitrogens with zero attached hydrogens (tertiary/aromatic N) is 2. The number of methoxy groups -OCH3 is 1. The normalized spacial score (nSPS) is 13.2. The smallest absolute Gasteiger partial charge is 0.338 e. The van der Waals surface area contributed by atoms with Crippen molar-refractivity contribution in [1.29, 1.82) is 5.26 Å². The van der Waals surface area contributed by atoms with E-state index >= 15 is 0 Å². The molecule has 1 aromatic heterocycles. The molecular formula is C24H21N3O3S. The first-order valence-electron chi connectivity index (χ1n) is 9.90. The Morgan fingerprint density at radius 2 is 1.84 bits per heavy atom. The molecule has 0 unspecified atom stereocenters. The van der Waals surface area contributed by atoms with E-state index in [0.717, 1.165) is 36.5 Å². The van der Waals surface area contributed by atoms with E-state index in [-0.39, 0.29) is 11.1 Å². The van der Waals surface area contributed by atoms with Crippen molar-refractivity contribution in [3.05, 3.63) is 87.3 Å². The third-order valence-electron chi connectivity index (χ3n) is 5.30. The van der Waals surface area contributed by atoms with E-state index in [0.29, 0.717) is 10.6 Å². The fourth-order valence-corrected chi connectivity index (χ4v) is 5.01. The number of ether oxygens (including phenoxy) is 1. The Morgan fingerprint density at radius 3 is 2.55 bits per heavy atom. The molecular weight excluding hydrogens is 410 g/mol. The van der Waals surface area contributed by atoms with Crippen molar-refractivity contribution in [2.75, 3.05) is 19.0 Å². The third kappa shape index (κ3) is 4.36. The average molecular weight is 432 g/mol. The van der Waals surface area contributed by atoms with Crippen LogP contribution in [0.3, 0.4) is 0 Å². The monoisotopic (exact) mass is 431 g/mol. The van der Waals surface area contributed by atoms with E-state index < -0.39 is 11.9 Å². The van der Waals surface area contributed by atoms with Crippen molar-refractivity contribution in [3.8, 4) is 6.07 Å². The molecule has 1 aliphatic heterocycles. The van der Waals surface area contributed by atoms with Gasteiger partial charge < -0.3 is 10.1 Å². The van der Waals surface area contributed by atoms with E-state index in [1.165, 1.54) is 24.0 Å². The van der Waals surface area contributed by atoms with Crippen molar-refractivity contribution in [2.45, 2.75) is 19.5 Å². The number of hydrogen-bond donors (Lipinski definition) is 1. The fraction of sp³-hybridized carbons (Fsp3) is 0.208. The highest BCUT2D eigenvalue weighted by Crippen LogP contribution is 2.37. The van der Waals surface area contributed by atoms with Gasteiger partial charge in [0.2, 0.25) is 0 Å². The van der Waals surface area contributed by atoms with Crippen LogP contribution in [0.1, 0.15) is 42.3 Å². The Labute approximate surface area is 184 Å². The highest BCUT2D eigenvalue weighted by Gasteiger charge is 2.26. The molecule has 6 nitrogen and oxygen atoms in total. The van der Waals surface area contributed by atoms with Gasteiger partial charge in [-0.05, 0) is 29.7 Å². The van der Waals surface area contributed by atoms with Crippen LogP contribution in [0, 0.1) is 11.3 Å². The lowest BCUT2D eigenvalue weighted by Crippen LogP contribution is -2.29. The minimum atomic E-state index is -0.576. The Morgan fingerprint density at radius 1 is 1.13 bits per heavy atom. The molecule has 156 valence electrons. The van der Waals surface area contributed by atoms with E-state index in [1.54, 1.807) is 24.3 Å². The second kappa shape index (κ2) is 9.13. The summed E-state index contributed by atoms with van der Waals surface area (Å²) >= 11 is 1.43. The van der Waals surface area contributed by atoms with Crippen molar-refractivity contribution < 1.29 is 14.3 Å². The van der Waals surface area contributed by atoms with Crippen LogP contribution in [0.5, 0.6) is 0 Å². The molecule has 4 rings (SSSR count). The molecule has 0 saturated heterocycles. The molecule has 1 aliphatic rings. The number of amides is 1. The number of anilines is 1. The van der Waals surface area contributed by atoms with Gasteiger partial charge in [-0.3, -0.25) is 9.69 Å². The standard InChI is InChI=1S/C24H21N3O3S/c1-30-24(29)19-10-6-5-9-18(19)22(28)26-23-20(13-25)17-11-12-27(15-21(17)31-23)14-16-7-3-2-4-8-16/h2-10H,11-12,14-15H2,1H3,(H,26,28). The lowest BCUT2D eigenvalue weighted by atomic mass is 10.0. The Kier molecular flexibility index (Phi) is 6.12. The van der Waals surface area contributed by atoms with Gasteiger partial charge in [-0.2, -0.15) is 5.26 Å². The van der Waals surface area contributed by atoms with Crippen LogP contribution in [0.25, 0.3) is 0 Å². The maximum Gasteiger partial charge on any atom is 0.338 e. The molecule has 0 radical (unpaired) electrons. The van der Waals surface area contributed by atoms with Crippen LogP contribution in [0.15, 0.2) is 54.6 Å². The molecule has 0 spiro atoms. The maximum atomic E-state index is 12.9. The van der Waals surface area contributed by atoms with Gasteiger partial charge in [0, 0.05) is 24.5 Å². The van der Waals surface area contributed by atoms with Crippen molar-refractivity contribution in [3.63, 3.8) is 0 Å². The number of nitrogens with one attached hydrogen (secondary N) is 1. The molecule has 2 aromatic carbocycles. The topological polar surface area (TPSA) is 82.4 Å². The average Bonchev–Trinajstić information content (AvgIpc) is 3.15. The van der Waals surface area contributed by atoms with Crippen LogP contribution in [0.4, 0.5) is 5.00 Å². The molecule has 31 heavy (non-hydrogen) atoms. The molecule has 1 N–H and O–H groups in total. The lowest BCUT2D eigenvalue weighted by Gasteiger charge is -2.26. The van der Waals surface area contributed by atoms with Crippen LogP contribution in [-0.4, -0.2) is 30.4 Å². The molecule has 0 aliphatic carbocycles. The molecule has 0 bridgehead atoms. The number of thiophene rings is 1. The first kappa shape index (κ1) is 20.8. The number of benzene rings is 2. The van der Waals surface area contributed by atoms with Gasteiger partial charge in [-0.25, -0.2) is 4.79 Å². The van der Waals surface area contributed by atoms with Crippen LogP contribution in [-0.2, 0) is 24.2 Å². The zero-order valence-electron chi connectivity index (χ0n) is 17.1. The fourth-order valence-electron chi connectivity index (χ4n) is 3.78. The SMILES string of the molecule is COC(=O)c1ccccc1C(=O)Nc1sc2c(c1C#N)CCN(Cc1ccccc1)C2. The minimum absolute atomic E-state index is 0.191. The van der Waals surface area contributed by atoms with Crippen LogP contribution < -0.4 is 5.32 Å². The first-order valence-corrected chi connectivity index (χ1v) is 10.7. The van der Waals surface area contributed by atoms with Crippen molar-refractivity contribution in [1.82, 2.24) is 4.90 Å². The number of nitriles is 1. The summed E-state index contributed by atoms with van der Waals surface area (Å²) in [4.78, 5) is 28.3. The van der Waals surface area contributed by atoms with E-state index in [1.807, 2.05) is 18.2 Å². The van der Waals surface area contributed by atoms with Gasteiger partial charge in [0.25, 0.3) is 5.91 Å². The van der Waals surface area contributed by atoms with E-state index in [9.17, 15) is 14.9 Å². The molecule has 2 heterocycles. The quantitative estimate of drug-likeness (QED) is 0.612. The van der Waals surface area contributed by atoms with Gasteiger partial charge in [0.05, 0.1) is 23.8 Å². The maximum absolute atomic E-state index is 12.9. The summed E-state index contributed by atoms with van der Waals surface area (Å²) in [6, 6.07) is 19.0. The lowest BCUT2D eigenvalue weighted by molar-refractivity contribution is 0.0597. The van der Waals surface area contributed by atoms with Gasteiger partial charge in [0.15, 0.2) is 0 Å². The largest absolute Gasteiger partial charge is 0.465 e. The number of carbonyl (C=O) groups is 2. The summed E-state index contributed by atoms with van der Waals surface area (Å²) in [5.41, 5.74) is 3.18. The number of rotatable bonds is 5. The second-order valence-corrected chi connectivity index (χ2v) is 8.36. The summed E-state index contributed by atoms with van der Waals surface area (Å²) in [7, 11) is 1.28. The Hall–Kier alpha value is -3.47. The number of hydrogen-bond acceptors (Lipinski definition) is 6. The van der Waals surface area contributed by atoms with Crippen LogP contribution in [0.2, 0.25) is 0 Å². The summed E-state index contributed by atoms with van der Waals surface area (Å²) in [5.74, 6) is -1.01. The third-order valence-corrected chi connectivity index (χ3v) is 6.43. The summed E-state index contributed by atoms with van der Waals surface area (Å²) < 4.78 is 4.77. The number of carbonyl (C=O) groups excluding carboxylic acids is 2. The van der Waals surface area contributed by atoms with E-state index in [4.69, 9.17) is 4.74 Å². The molecule has 0 fully saturated rings. The summed E-state index contributed by atoms with van der Waals surface area (Å²) in [5, 5.41) is 13.1. The number of esters is 1. The van der Waals surface area contributed by atoms with Gasteiger partial charge in [-0.15, -0.1) is 11.3 Å². The van der Waals surface area contributed by atoms with Gasteiger partial charge >= 0.3 is 5.97 Å². The Bertz CT molecular complexity index is 1160. The molecule has 7 heteroatoms. The molecule has 3 aromatic rings. The zero-order valence-corrected chi connectivity index (χ0v) is 17.9. The molecule has 0 atom stereocenters. The minimum Gasteiger partial charge on any atom is -0.465 e. The molecule has 1 amide bonds. The number of fused-ring (bicyclic) bond motifs is 1. The summed E-state index contributed by atoms with van der Waals surface area (Å²) in [6.45, 7) is 2.43. The summed E-state index contributed by atoms with van der Waals surface area (Å²) in [6.07, 6.45) is 0.760. The highest BCUT2D eigenvalue weighted by atomic mass is 32.1. The Balaban J connectivity index is 1.56. The van der Waals surface area contributed by atoms with Crippen molar-refractivity contribution >= 4 is 28.2 Å². The van der Waals surface area contributed by atoms with Crippen molar-refractivity contribution in [2.24, 2.45) is 0 Å². The predicted octanol–water partition coefficient (Wildman–Crippen LogP) is 4.22. The van der Waals surface area contributed by atoms with Crippen LogP contribution >= 0.6 is 11.3 Å². The second-order valence-electron chi connectivity index (χ2n) is 7.26. The van der Waals surface area contributed by atoms with Gasteiger partial charge in [-0.1, -0.05) is 42.5 Å². The predicted molar refractivity (Wildman–Crippen MR) is 119 cm³/mol. The van der Waals surface area contributed by atoms with Gasteiger partial charge in [0.1, 0.15) is 11.1 Å². The van der Waals surface area contributed by atoms with E-state index in [2.05, 4.69) is 28.4 Å². The molecule has 0 saturated carbocycles. The zero-order chi connectivity index (χ0) is 21.8.